The summed E-state index contributed by atoms with van der Waals surface area (Å²) in [6.07, 6.45) is 4.45. The molecule has 3 nitrogen and oxygen atoms in total. The third-order valence-corrected chi connectivity index (χ3v) is 3.44. The van der Waals surface area contributed by atoms with Crippen LogP contribution >= 0.6 is 11.8 Å². The Morgan fingerprint density at radius 2 is 2.06 bits per heavy atom. The van der Waals surface area contributed by atoms with Crippen molar-refractivity contribution in [2.24, 2.45) is 0 Å². The highest BCUT2D eigenvalue weighted by Gasteiger charge is 2.08. The summed E-state index contributed by atoms with van der Waals surface area (Å²) < 4.78 is 0. The number of aromatic nitrogens is 1. The summed E-state index contributed by atoms with van der Waals surface area (Å²) in [5, 5.41) is 2.95. The number of thioether (sulfide) groups is 1. The predicted molar refractivity (Wildman–Crippen MR) is 73.2 cm³/mol. The van der Waals surface area contributed by atoms with Crippen LogP contribution in [0.5, 0.6) is 0 Å². The van der Waals surface area contributed by atoms with E-state index >= 15 is 0 Å². The molecule has 1 atom stereocenters. The molecule has 0 amide bonds. The molecular weight excluding hydrogens is 244 g/mol. The van der Waals surface area contributed by atoms with Crippen molar-refractivity contribution >= 4 is 18.0 Å². The lowest BCUT2D eigenvalue weighted by Gasteiger charge is -2.12. The SMILES string of the molecule is O=CC(NCc1cccnc1)Sc1ccccc1. The Balaban J connectivity index is 1.88. The quantitative estimate of drug-likeness (QED) is 0.491. The van der Waals surface area contributed by atoms with Crippen LogP contribution in [0, 0.1) is 0 Å². The average Bonchev–Trinajstić information content (AvgIpc) is 2.45. The van der Waals surface area contributed by atoms with Crippen LogP contribution in [0.2, 0.25) is 0 Å². The summed E-state index contributed by atoms with van der Waals surface area (Å²) >= 11 is 1.51. The Morgan fingerprint density at radius 3 is 2.72 bits per heavy atom. The highest BCUT2D eigenvalue weighted by Crippen LogP contribution is 2.20. The van der Waals surface area contributed by atoms with Crippen LogP contribution in [0.3, 0.4) is 0 Å². The molecule has 1 N–H and O–H groups in total. The highest BCUT2D eigenvalue weighted by molar-refractivity contribution is 8.00. The number of nitrogens with one attached hydrogen (secondary N) is 1. The minimum atomic E-state index is -0.243. The second-order valence-electron chi connectivity index (χ2n) is 3.73. The first-order valence-electron chi connectivity index (χ1n) is 5.68. The summed E-state index contributed by atoms with van der Waals surface area (Å²) in [5.74, 6) is 0. The molecule has 1 aromatic carbocycles. The van der Waals surface area contributed by atoms with Crippen LogP contribution in [0.1, 0.15) is 5.56 Å². The van der Waals surface area contributed by atoms with E-state index in [4.69, 9.17) is 0 Å². The van der Waals surface area contributed by atoms with Gasteiger partial charge in [0.15, 0.2) is 0 Å². The minimum Gasteiger partial charge on any atom is -0.301 e. The Kier molecular flexibility index (Phi) is 4.93. The minimum absolute atomic E-state index is 0.243. The molecule has 0 aliphatic heterocycles. The van der Waals surface area contributed by atoms with Gasteiger partial charge in [0.1, 0.15) is 11.7 Å². The molecule has 0 radical (unpaired) electrons. The lowest BCUT2D eigenvalue weighted by atomic mass is 10.3. The third kappa shape index (κ3) is 3.98. The zero-order valence-corrected chi connectivity index (χ0v) is 10.6. The fourth-order valence-corrected chi connectivity index (χ4v) is 2.31. The molecule has 0 bridgehead atoms. The Hall–Kier alpha value is -1.65. The average molecular weight is 258 g/mol. The zero-order chi connectivity index (χ0) is 12.6. The van der Waals surface area contributed by atoms with Crippen LogP contribution in [-0.2, 0) is 11.3 Å². The Morgan fingerprint density at radius 1 is 1.22 bits per heavy atom. The fraction of sp³-hybridized carbons (Fsp3) is 0.143. The first-order chi connectivity index (χ1) is 8.88. The van der Waals surface area contributed by atoms with Gasteiger partial charge >= 0.3 is 0 Å². The molecule has 1 heterocycles. The summed E-state index contributed by atoms with van der Waals surface area (Å²) in [5.41, 5.74) is 1.07. The molecule has 0 aliphatic carbocycles. The first kappa shape index (κ1) is 12.8. The molecule has 2 rings (SSSR count). The molecular formula is C14H14N2OS. The van der Waals surface area contributed by atoms with E-state index in [1.165, 1.54) is 11.8 Å². The van der Waals surface area contributed by atoms with Crippen molar-refractivity contribution in [1.29, 1.82) is 0 Å². The van der Waals surface area contributed by atoms with Gasteiger partial charge in [0, 0.05) is 23.8 Å². The monoisotopic (exact) mass is 258 g/mol. The fourth-order valence-electron chi connectivity index (χ4n) is 1.48. The topological polar surface area (TPSA) is 42.0 Å². The number of nitrogens with zero attached hydrogens (tertiary/aromatic N) is 1. The number of carbonyl (C=O) groups excluding carboxylic acids is 1. The smallest absolute Gasteiger partial charge is 0.147 e. The van der Waals surface area contributed by atoms with Crippen LogP contribution in [0.25, 0.3) is 0 Å². The van der Waals surface area contributed by atoms with Gasteiger partial charge in [-0.05, 0) is 23.8 Å². The maximum atomic E-state index is 11.0. The molecule has 0 spiro atoms. The number of carbonyl (C=O) groups is 1. The van der Waals surface area contributed by atoms with E-state index < -0.39 is 0 Å². The van der Waals surface area contributed by atoms with Crippen molar-refractivity contribution in [3.8, 4) is 0 Å². The predicted octanol–water partition coefficient (Wildman–Crippen LogP) is 2.49. The van der Waals surface area contributed by atoms with E-state index in [2.05, 4.69) is 10.3 Å². The number of hydrogen-bond acceptors (Lipinski definition) is 4. The van der Waals surface area contributed by atoms with Crippen molar-refractivity contribution in [3.63, 3.8) is 0 Å². The largest absolute Gasteiger partial charge is 0.301 e. The number of rotatable bonds is 6. The molecule has 0 saturated carbocycles. The molecule has 1 aromatic heterocycles. The van der Waals surface area contributed by atoms with Gasteiger partial charge < -0.3 is 4.79 Å². The molecule has 92 valence electrons. The summed E-state index contributed by atoms with van der Waals surface area (Å²) in [6.45, 7) is 0.636. The maximum absolute atomic E-state index is 11.0. The second-order valence-corrected chi connectivity index (χ2v) is 4.94. The lowest BCUT2D eigenvalue weighted by molar-refractivity contribution is -0.107. The van der Waals surface area contributed by atoms with Crippen molar-refractivity contribution < 1.29 is 4.79 Å². The maximum Gasteiger partial charge on any atom is 0.147 e. The van der Waals surface area contributed by atoms with E-state index in [1.807, 2.05) is 42.5 Å². The highest BCUT2D eigenvalue weighted by atomic mass is 32.2. The van der Waals surface area contributed by atoms with E-state index in [9.17, 15) is 4.79 Å². The number of benzene rings is 1. The summed E-state index contributed by atoms with van der Waals surface area (Å²) in [4.78, 5) is 16.1. The summed E-state index contributed by atoms with van der Waals surface area (Å²) in [6, 6.07) is 13.7. The van der Waals surface area contributed by atoms with Gasteiger partial charge in [-0.25, -0.2) is 0 Å². The van der Waals surface area contributed by atoms with Crippen molar-refractivity contribution in [1.82, 2.24) is 10.3 Å². The van der Waals surface area contributed by atoms with E-state index in [0.29, 0.717) is 6.54 Å². The van der Waals surface area contributed by atoms with Crippen LogP contribution < -0.4 is 5.32 Å². The second kappa shape index (κ2) is 6.93. The molecule has 0 aliphatic rings. The van der Waals surface area contributed by atoms with Crippen molar-refractivity contribution in [2.75, 3.05) is 0 Å². The van der Waals surface area contributed by atoms with Crippen molar-refractivity contribution in [3.05, 3.63) is 60.4 Å². The molecule has 2 aromatic rings. The molecule has 0 saturated heterocycles. The molecule has 18 heavy (non-hydrogen) atoms. The normalized spacial score (nSPS) is 12.0. The molecule has 0 fully saturated rings. The first-order valence-corrected chi connectivity index (χ1v) is 6.56. The van der Waals surface area contributed by atoms with Crippen LogP contribution in [-0.4, -0.2) is 16.6 Å². The van der Waals surface area contributed by atoms with Crippen LogP contribution in [0.15, 0.2) is 59.8 Å². The lowest BCUT2D eigenvalue weighted by Crippen LogP contribution is -2.26. The van der Waals surface area contributed by atoms with Gasteiger partial charge in [0.05, 0.1) is 0 Å². The van der Waals surface area contributed by atoms with Gasteiger partial charge in [0.2, 0.25) is 0 Å². The standard InChI is InChI=1S/C14H14N2OS/c17-11-14(18-13-6-2-1-3-7-13)16-10-12-5-4-8-15-9-12/h1-9,11,14,16H,10H2. The number of aldehydes is 1. The Bertz CT molecular complexity index is 476. The third-order valence-electron chi connectivity index (χ3n) is 2.36. The van der Waals surface area contributed by atoms with Crippen molar-refractivity contribution in [2.45, 2.75) is 16.8 Å². The van der Waals surface area contributed by atoms with Gasteiger partial charge in [-0.2, -0.15) is 0 Å². The number of hydrogen-bond donors (Lipinski definition) is 1. The van der Waals surface area contributed by atoms with Gasteiger partial charge in [-0.15, -0.1) is 0 Å². The van der Waals surface area contributed by atoms with Crippen LogP contribution in [0.4, 0.5) is 0 Å². The Labute approximate surface area is 111 Å². The molecule has 4 heteroatoms. The van der Waals surface area contributed by atoms with E-state index in [-0.39, 0.29) is 5.37 Å². The van der Waals surface area contributed by atoms with Gasteiger partial charge in [-0.1, -0.05) is 36.0 Å². The van der Waals surface area contributed by atoms with Gasteiger partial charge in [0.25, 0.3) is 0 Å². The molecule has 1 unspecified atom stereocenters. The van der Waals surface area contributed by atoms with Gasteiger partial charge in [-0.3, -0.25) is 10.3 Å². The zero-order valence-electron chi connectivity index (χ0n) is 9.82. The van der Waals surface area contributed by atoms with E-state index in [0.717, 1.165) is 16.7 Å². The summed E-state index contributed by atoms with van der Waals surface area (Å²) in [7, 11) is 0. The number of pyridine rings is 1. The van der Waals surface area contributed by atoms with E-state index in [1.54, 1.807) is 12.4 Å².